The molecule has 0 radical (unpaired) electrons. The predicted octanol–water partition coefficient (Wildman–Crippen LogP) is 3.79. The van der Waals surface area contributed by atoms with Gasteiger partial charge in [-0.15, -0.1) is 0 Å². The van der Waals surface area contributed by atoms with Crippen LogP contribution in [0.4, 0.5) is 0 Å². The van der Waals surface area contributed by atoms with E-state index in [0.717, 1.165) is 5.52 Å². The second kappa shape index (κ2) is 5.89. The Hall–Kier alpha value is -2.59. The zero-order valence-electron chi connectivity index (χ0n) is 13.2. The van der Waals surface area contributed by atoms with Gasteiger partial charge < -0.3 is 14.8 Å². The topological polar surface area (TPSA) is 62.5 Å². The first-order valence-electron chi connectivity index (χ1n) is 7.66. The van der Waals surface area contributed by atoms with Gasteiger partial charge in [-0.3, -0.25) is 4.79 Å². The number of benzene rings is 2. The molecule has 3 aromatic rings. The van der Waals surface area contributed by atoms with Crippen LogP contribution in [0.1, 0.15) is 41.2 Å². The Morgan fingerprint density at radius 1 is 1.17 bits per heavy atom. The van der Waals surface area contributed by atoms with E-state index in [-0.39, 0.29) is 11.5 Å². The molecule has 0 aliphatic heterocycles. The van der Waals surface area contributed by atoms with Crippen LogP contribution in [0.15, 0.2) is 48.5 Å². The number of aromatic nitrogens is 1. The molecule has 23 heavy (non-hydrogen) atoms. The van der Waals surface area contributed by atoms with E-state index in [1.807, 2.05) is 32.0 Å². The van der Waals surface area contributed by atoms with E-state index < -0.39 is 6.23 Å². The van der Waals surface area contributed by atoms with Crippen LogP contribution in [-0.2, 0) is 0 Å². The molecule has 1 aromatic heterocycles. The Labute approximate surface area is 134 Å². The lowest BCUT2D eigenvalue weighted by atomic mass is 10.0. The Bertz CT molecular complexity index is 865. The Balaban J connectivity index is 2.30. The zero-order valence-corrected chi connectivity index (χ0v) is 13.2. The molecule has 0 bridgehead atoms. The highest BCUT2D eigenvalue weighted by Crippen LogP contribution is 2.33. The standard InChI is InChI=1S/C19H19NO3/c1-3-17(22)20-12(2)18(15-11-14(21)9-10-16(15)20)19(23)13-7-5-4-6-8-13/h4-11,17,21-22H,3H2,1-2H3. The number of aliphatic hydroxyl groups is 1. The summed E-state index contributed by atoms with van der Waals surface area (Å²) in [4.78, 5) is 12.9. The molecule has 3 rings (SSSR count). The molecular weight excluding hydrogens is 290 g/mol. The van der Waals surface area contributed by atoms with Crippen molar-refractivity contribution in [1.29, 1.82) is 0 Å². The van der Waals surface area contributed by atoms with Gasteiger partial charge in [0.15, 0.2) is 5.78 Å². The summed E-state index contributed by atoms with van der Waals surface area (Å²) in [5, 5.41) is 20.8. The van der Waals surface area contributed by atoms with Crippen molar-refractivity contribution in [2.75, 3.05) is 0 Å². The number of nitrogens with zero attached hydrogens (tertiary/aromatic N) is 1. The molecule has 0 aliphatic rings. The van der Waals surface area contributed by atoms with Gasteiger partial charge in [0.05, 0.1) is 11.1 Å². The molecule has 1 unspecified atom stereocenters. The lowest BCUT2D eigenvalue weighted by molar-refractivity contribution is 0.100. The smallest absolute Gasteiger partial charge is 0.195 e. The molecule has 0 aliphatic carbocycles. The van der Waals surface area contributed by atoms with Gasteiger partial charge in [0, 0.05) is 16.6 Å². The molecule has 0 spiro atoms. The predicted molar refractivity (Wildman–Crippen MR) is 89.8 cm³/mol. The van der Waals surface area contributed by atoms with Crippen molar-refractivity contribution in [3.63, 3.8) is 0 Å². The van der Waals surface area contributed by atoms with Gasteiger partial charge in [0.2, 0.25) is 0 Å². The van der Waals surface area contributed by atoms with Crippen molar-refractivity contribution in [2.24, 2.45) is 0 Å². The lowest BCUT2D eigenvalue weighted by Gasteiger charge is -2.14. The first kappa shape index (κ1) is 15.3. The summed E-state index contributed by atoms with van der Waals surface area (Å²) in [7, 11) is 0. The van der Waals surface area contributed by atoms with Gasteiger partial charge in [-0.25, -0.2) is 0 Å². The highest BCUT2D eigenvalue weighted by molar-refractivity contribution is 6.17. The summed E-state index contributed by atoms with van der Waals surface area (Å²) in [6.07, 6.45) is -0.177. The number of hydrogen-bond donors (Lipinski definition) is 2. The molecule has 1 heterocycles. The van der Waals surface area contributed by atoms with Gasteiger partial charge in [0.1, 0.15) is 12.0 Å². The highest BCUT2D eigenvalue weighted by Gasteiger charge is 2.23. The highest BCUT2D eigenvalue weighted by atomic mass is 16.3. The van der Waals surface area contributed by atoms with E-state index in [4.69, 9.17) is 0 Å². The Morgan fingerprint density at radius 2 is 1.87 bits per heavy atom. The largest absolute Gasteiger partial charge is 0.508 e. The zero-order chi connectivity index (χ0) is 16.6. The maximum atomic E-state index is 12.9. The quantitative estimate of drug-likeness (QED) is 0.721. The van der Waals surface area contributed by atoms with Crippen LogP contribution in [0.25, 0.3) is 10.9 Å². The van der Waals surface area contributed by atoms with Crippen LogP contribution in [0.3, 0.4) is 0 Å². The molecule has 2 N–H and O–H groups in total. The van der Waals surface area contributed by atoms with Gasteiger partial charge in [-0.05, 0) is 31.5 Å². The molecule has 0 fully saturated rings. The molecule has 0 amide bonds. The van der Waals surface area contributed by atoms with Crippen LogP contribution < -0.4 is 0 Å². The van der Waals surface area contributed by atoms with Crippen molar-refractivity contribution in [3.05, 3.63) is 65.4 Å². The fourth-order valence-electron chi connectivity index (χ4n) is 3.02. The number of carbonyl (C=O) groups is 1. The number of fused-ring (bicyclic) bond motifs is 1. The second-order valence-electron chi connectivity index (χ2n) is 5.62. The first-order chi connectivity index (χ1) is 11.0. The summed E-state index contributed by atoms with van der Waals surface area (Å²) < 4.78 is 1.75. The van der Waals surface area contributed by atoms with Crippen LogP contribution in [0.2, 0.25) is 0 Å². The minimum atomic E-state index is -0.709. The van der Waals surface area contributed by atoms with Crippen molar-refractivity contribution < 1.29 is 15.0 Å². The number of phenols is 1. The lowest BCUT2D eigenvalue weighted by Crippen LogP contribution is -2.10. The van der Waals surface area contributed by atoms with E-state index >= 15 is 0 Å². The van der Waals surface area contributed by atoms with Crippen LogP contribution in [-0.4, -0.2) is 20.6 Å². The summed E-state index contributed by atoms with van der Waals surface area (Å²) in [5.74, 6) is -0.0106. The van der Waals surface area contributed by atoms with E-state index in [1.165, 1.54) is 0 Å². The van der Waals surface area contributed by atoms with Gasteiger partial charge in [-0.1, -0.05) is 37.3 Å². The molecular formula is C19H19NO3. The molecule has 4 heteroatoms. The van der Waals surface area contributed by atoms with Crippen LogP contribution >= 0.6 is 0 Å². The fraction of sp³-hybridized carbons (Fsp3) is 0.211. The van der Waals surface area contributed by atoms with Crippen molar-refractivity contribution in [2.45, 2.75) is 26.5 Å². The van der Waals surface area contributed by atoms with Gasteiger partial charge >= 0.3 is 0 Å². The Kier molecular flexibility index (Phi) is 3.92. The number of ketones is 1. The van der Waals surface area contributed by atoms with E-state index in [1.54, 1.807) is 34.9 Å². The third-order valence-corrected chi connectivity index (χ3v) is 4.16. The third kappa shape index (κ3) is 2.51. The van der Waals surface area contributed by atoms with E-state index in [0.29, 0.717) is 28.6 Å². The second-order valence-corrected chi connectivity index (χ2v) is 5.62. The van der Waals surface area contributed by atoms with E-state index in [2.05, 4.69) is 0 Å². The number of aliphatic hydroxyl groups excluding tert-OH is 1. The molecule has 0 saturated heterocycles. The SMILES string of the molecule is CCC(O)n1c(C)c(C(=O)c2ccccc2)c2cc(O)ccc21. The van der Waals surface area contributed by atoms with Crippen molar-refractivity contribution in [3.8, 4) is 5.75 Å². The van der Waals surface area contributed by atoms with Crippen LogP contribution in [0, 0.1) is 6.92 Å². The van der Waals surface area contributed by atoms with Crippen molar-refractivity contribution in [1.82, 2.24) is 4.57 Å². The van der Waals surface area contributed by atoms with Gasteiger partial charge in [-0.2, -0.15) is 0 Å². The fourth-order valence-corrected chi connectivity index (χ4v) is 3.02. The van der Waals surface area contributed by atoms with Gasteiger partial charge in [0.25, 0.3) is 0 Å². The number of phenolic OH excluding ortho intramolecular Hbond substituents is 1. The molecule has 118 valence electrons. The summed E-state index contributed by atoms with van der Waals surface area (Å²) >= 11 is 0. The third-order valence-electron chi connectivity index (χ3n) is 4.16. The summed E-state index contributed by atoms with van der Waals surface area (Å²) in [6.45, 7) is 3.71. The summed E-state index contributed by atoms with van der Waals surface area (Å²) in [5.41, 5.74) is 2.56. The number of rotatable bonds is 4. The normalized spacial score (nSPS) is 12.5. The number of carbonyl (C=O) groups excluding carboxylic acids is 1. The average Bonchev–Trinajstić information content (AvgIpc) is 2.85. The van der Waals surface area contributed by atoms with E-state index in [9.17, 15) is 15.0 Å². The number of aromatic hydroxyl groups is 1. The minimum Gasteiger partial charge on any atom is -0.508 e. The molecule has 0 saturated carbocycles. The molecule has 4 nitrogen and oxygen atoms in total. The number of hydrogen-bond acceptors (Lipinski definition) is 3. The first-order valence-corrected chi connectivity index (χ1v) is 7.66. The molecule has 2 aromatic carbocycles. The van der Waals surface area contributed by atoms with Crippen molar-refractivity contribution >= 4 is 16.7 Å². The monoisotopic (exact) mass is 309 g/mol. The summed E-state index contributed by atoms with van der Waals surface area (Å²) in [6, 6.07) is 13.9. The maximum absolute atomic E-state index is 12.9. The average molecular weight is 309 g/mol. The van der Waals surface area contributed by atoms with Crippen LogP contribution in [0.5, 0.6) is 5.75 Å². The maximum Gasteiger partial charge on any atom is 0.195 e. The Morgan fingerprint density at radius 3 is 2.52 bits per heavy atom. The minimum absolute atomic E-state index is 0.0998. The molecule has 1 atom stereocenters.